The molecule has 164 valence electrons. The highest BCUT2D eigenvalue weighted by atomic mass is 16.5. The molecule has 31 heavy (non-hydrogen) atoms. The van der Waals surface area contributed by atoms with Crippen LogP contribution in [0.4, 0.5) is 5.69 Å². The summed E-state index contributed by atoms with van der Waals surface area (Å²) < 4.78 is 10.8. The van der Waals surface area contributed by atoms with Crippen molar-refractivity contribution in [3.63, 3.8) is 0 Å². The normalized spacial score (nSPS) is 16.4. The topological polar surface area (TPSA) is 62.3 Å². The van der Waals surface area contributed by atoms with Crippen LogP contribution in [0.3, 0.4) is 0 Å². The fourth-order valence-corrected chi connectivity index (χ4v) is 4.08. The molecular weight excluding hydrogens is 394 g/mol. The molecule has 7 nitrogen and oxygen atoms in total. The summed E-state index contributed by atoms with van der Waals surface area (Å²) in [6.45, 7) is 4.93. The summed E-state index contributed by atoms with van der Waals surface area (Å²) in [5, 5.41) is 0. The molecule has 2 aliphatic heterocycles. The number of amides is 2. The summed E-state index contributed by atoms with van der Waals surface area (Å²) in [5.74, 6) is 1.61. The first kappa shape index (κ1) is 21.2. The molecule has 0 bridgehead atoms. The van der Waals surface area contributed by atoms with Gasteiger partial charge in [-0.3, -0.25) is 14.5 Å². The Morgan fingerprint density at radius 2 is 1.61 bits per heavy atom. The lowest BCUT2D eigenvalue weighted by atomic mass is 10.1. The van der Waals surface area contributed by atoms with Crippen molar-refractivity contribution in [3.05, 3.63) is 54.1 Å². The van der Waals surface area contributed by atoms with Gasteiger partial charge in [0.15, 0.2) is 0 Å². The Bertz CT molecular complexity index is 907. The highest BCUT2D eigenvalue weighted by molar-refractivity contribution is 5.97. The van der Waals surface area contributed by atoms with Crippen LogP contribution in [0.5, 0.6) is 11.5 Å². The minimum atomic E-state index is -0.0257. The van der Waals surface area contributed by atoms with Gasteiger partial charge in [-0.2, -0.15) is 0 Å². The molecule has 2 aromatic carbocycles. The third-order valence-corrected chi connectivity index (χ3v) is 5.87. The van der Waals surface area contributed by atoms with E-state index in [-0.39, 0.29) is 24.7 Å². The molecule has 1 saturated heterocycles. The summed E-state index contributed by atoms with van der Waals surface area (Å²) >= 11 is 0. The Balaban J connectivity index is 1.23. The largest absolute Gasteiger partial charge is 0.497 e. The van der Waals surface area contributed by atoms with Crippen LogP contribution < -0.4 is 14.4 Å². The molecular formula is C24H29N3O4. The molecule has 0 aliphatic carbocycles. The Morgan fingerprint density at radius 1 is 0.903 bits per heavy atom. The molecule has 2 amide bonds. The molecule has 1 fully saturated rings. The summed E-state index contributed by atoms with van der Waals surface area (Å²) in [6.07, 6.45) is 0.468. The number of carbonyl (C=O) groups is 2. The number of methoxy groups -OCH3 is 1. The first-order valence-electron chi connectivity index (χ1n) is 10.8. The van der Waals surface area contributed by atoms with E-state index in [1.165, 1.54) is 5.56 Å². The molecule has 0 radical (unpaired) electrons. The summed E-state index contributed by atoms with van der Waals surface area (Å²) in [6, 6.07) is 15.6. The van der Waals surface area contributed by atoms with Crippen LogP contribution in [-0.4, -0.2) is 68.1 Å². The van der Waals surface area contributed by atoms with Crippen molar-refractivity contribution < 1.29 is 19.1 Å². The fraction of sp³-hybridized carbons (Fsp3) is 0.417. The van der Waals surface area contributed by atoms with Crippen molar-refractivity contribution in [2.24, 2.45) is 0 Å². The zero-order valence-corrected chi connectivity index (χ0v) is 18.0. The molecule has 4 rings (SSSR count). The van der Waals surface area contributed by atoms with E-state index >= 15 is 0 Å². The van der Waals surface area contributed by atoms with Gasteiger partial charge in [-0.05, 0) is 29.8 Å². The van der Waals surface area contributed by atoms with Crippen LogP contribution in [-0.2, 0) is 16.1 Å². The summed E-state index contributed by atoms with van der Waals surface area (Å²) in [4.78, 5) is 31.4. The molecule has 2 aromatic rings. The third-order valence-electron chi connectivity index (χ3n) is 5.87. The van der Waals surface area contributed by atoms with Crippen molar-refractivity contribution >= 4 is 17.5 Å². The van der Waals surface area contributed by atoms with Crippen LogP contribution >= 0.6 is 0 Å². The lowest BCUT2D eigenvalue weighted by Crippen LogP contribution is -2.48. The van der Waals surface area contributed by atoms with Crippen molar-refractivity contribution in [2.75, 3.05) is 51.3 Å². The Kier molecular flexibility index (Phi) is 6.72. The van der Waals surface area contributed by atoms with E-state index in [0.29, 0.717) is 26.2 Å². The first-order chi connectivity index (χ1) is 15.1. The third kappa shape index (κ3) is 5.17. The standard InChI is InChI=1S/C24H29N3O4/c1-30-20-8-6-19(7-9-20)18-25-12-14-26(15-13-25)23(28)10-11-24(29)27-16-17-31-22-5-3-2-4-21(22)27/h2-9H,10-18H2,1H3. The van der Waals surface area contributed by atoms with Crippen molar-refractivity contribution in [1.82, 2.24) is 9.80 Å². The smallest absolute Gasteiger partial charge is 0.227 e. The van der Waals surface area contributed by atoms with Gasteiger partial charge in [0.1, 0.15) is 18.1 Å². The SMILES string of the molecule is COc1ccc(CN2CCN(C(=O)CCC(=O)N3CCOc4ccccc43)CC2)cc1. The number of carbonyl (C=O) groups excluding carboxylic acids is 2. The maximum atomic E-state index is 12.7. The van der Waals surface area contributed by atoms with E-state index in [1.807, 2.05) is 41.3 Å². The Morgan fingerprint density at radius 3 is 2.35 bits per heavy atom. The Labute approximate surface area is 183 Å². The van der Waals surface area contributed by atoms with Gasteiger partial charge in [0, 0.05) is 45.6 Å². The quantitative estimate of drug-likeness (QED) is 0.715. The number of fused-ring (bicyclic) bond motifs is 1. The maximum Gasteiger partial charge on any atom is 0.227 e. The molecule has 0 atom stereocenters. The highest BCUT2D eigenvalue weighted by Crippen LogP contribution is 2.31. The second kappa shape index (κ2) is 9.83. The van der Waals surface area contributed by atoms with Gasteiger partial charge in [0.25, 0.3) is 0 Å². The van der Waals surface area contributed by atoms with Crippen molar-refractivity contribution in [2.45, 2.75) is 19.4 Å². The molecule has 0 aromatic heterocycles. The zero-order chi connectivity index (χ0) is 21.6. The molecule has 2 aliphatic rings. The van der Waals surface area contributed by atoms with Crippen molar-refractivity contribution in [1.29, 1.82) is 0 Å². The van der Waals surface area contributed by atoms with Crippen LogP contribution in [0.1, 0.15) is 18.4 Å². The highest BCUT2D eigenvalue weighted by Gasteiger charge is 2.25. The van der Waals surface area contributed by atoms with Gasteiger partial charge in [0.2, 0.25) is 11.8 Å². The van der Waals surface area contributed by atoms with Gasteiger partial charge in [-0.1, -0.05) is 24.3 Å². The van der Waals surface area contributed by atoms with E-state index in [2.05, 4.69) is 17.0 Å². The number of benzene rings is 2. The zero-order valence-electron chi connectivity index (χ0n) is 18.0. The minimum absolute atomic E-state index is 0.0257. The number of hydrogen-bond donors (Lipinski definition) is 0. The summed E-state index contributed by atoms with van der Waals surface area (Å²) in [7, 11) is 1.67. The number of piperazine rings is 1. The molecule has 2 heterocycles. The van der Waals surface area contributed by atoms with Gasteiger partial charge in [-0.15, -0.1) is 0 Å². The van der Waals surface area contributed by atoms with E-state index < -0.39 is 0 Å². The number of rotatable bonds is 6. The van der Waals surface area contributed by atoms with Crippen LogP contribution in [0.15, 0.2) is 48.5 Å². The van der Waals surface area contributed by atoms with Crippen LogP contribution in [0, 0.1) is 0 Å². The van der Waals surface area contributed by atoms with E-state index in [9.17, 15) is 9.59 Å². The average Bonchev–Trinajstić information content (AvgIpc) is 2.83. The fourth-order valence-electron chi connectivity index (χ4n) is 4.08. The second-order valence-electron chi connectivity index (χ2n) is 7.87. The van der Waals surface area contributed by atoms with E-state index in [1.54, 1.807) is 12.0 Å². The lowest BCUT2D eigenvalue weighted by molar-refractivity contribution is -0.134. The molecule has 0 spiro atoms. The van der Waals surface area contributed by atoms with Gasteiger partial charge >= 0.3 is 0 Å². The van der Waals surface area contributed by atoms with Gasteiger partial charge in [-0.25, -0.2) is 0 Å². The monoisotopic (exact) mass is 423 g/mol. The maximum absolute atomic E-state index is 12.7. The molecule has 0 N–H and O–H groups in total. The van der Waals surface area contributed by atoms with Gasteiger partial charge in [0.05, 0.1) is 19.3 Å². The molecule has 0 unspecified atom stereocenters. The number of ether oxygens (including phenoxy) is 2. The first-order valence-corrected chi connectivity index (χ1v) is 10.8. The number of para-hydroxylation sites is 2. The predicted molar refractivity (Wildman–Crippen MR) is 118 cm³/mol. The predicted octanol–water partition coefficient (Wildman–Crippen LogP) is 2.55. The van der Waals surface area contributed by atoms with Crippen LogP contribution in [0.2, 0.25) is 0 Å². The molecule has 7 heteroatoms. The molecule has 0 saturated carbocycles. The number of anilines is 1. The van der Waals surface area contributed by atoms with Crippen LogP contribution in [0.25, 0.3) is 0 Å². The summed E-state index contributed by atoms with van der Waals surface area (Å²) in [5.41, 5.74) is 2.02. The lowest BCUT2D eigenvalue weighted by Gasteiger charge is -2.35. The van der Waals surface area contributed by atoms with E-state index in [0.717, 1.165) is 36.8 Å². The number of hydrogen-bond acceptors (Lipinski definition) is 5. The van der Waals surface area contributed by atoms with Crippen molar-refractivity contribution in [3.8, 4) is 11.5 Å². The average molecular weight is 424 g/mol. The van der Waals surface area contributed by atoms with Gasteiger partial charge < -0.3 is 19.3 Å². The van der Waals surface area contributed by atoms with E-state index in [4.69, 9.17) is 9.47 Å². The number of nitrogens with zero attached hydrogens (tertiary/aromatic N) is 3. The second-order valence-corrected chi connectivity index (χ2v) is 7.87. The minimum Gasteiger partial charge on any atom is -0.497 e. The Hall–Kier alpha value is -3.06.